The number of Topliss-reactive ketones (excluding diaryl/α,β-unsaturated/α-hetero) is 1. The van der Waals surface area contributed by atoms with E-state index in [0.29, 0.717) is 42.5 Å². The third-order valence-corrected chi connectivity index (χ3v) is 6.31. The Kier molecular flexibility index (Phi) is 7.57. The van der Waals surface area contributed by atoms with E-state index in [9.17, 15) is 14.3 Å². The molecule has 0 amide bonds. The number of nitrogens with zero attached hydrogens (tertiary/aromatic N) is 2. The van der Waals surface area contributed by atoms with Crippen LogP contribution in [0.2, 0.25) is 0 Å². The van der Waals surface area contributed by atoms with Crippen molar-refractivity contribution in [2.45, 2.75) is 38.7 Å². The Morgan fingerprint density at radius 3 is 2.40 bits per heavy atom. The van der Waals surface area contributed by atoms with Crippen molar-refractivity contribution in [2.75, 3.05) is 19.0 Å². The van der Waals surface area contributed by atoms with Crippen LogP contribution in [0.5, 0.6) is 0 Å². The number of fused-ring (bicyclic) bond motifs is 1. The second-order valence-electron chi connectivity index (χ2n) is 9.12. The van der Waals surface area contributed by atoms with E-state index in [2.05, 4.69) is 0 Å². The lowest BCUT2D eigenvalue weighted by atomic mass is 9.95. The van der Waals surface area contributed by atoms with Crippen molar-refractivity contribution in [3.8, 4) is 22.4 Å². The lowest BCUT2D eigenvalue weighted by Gasteiger charge is -2.20. The van der Waals surface area contributed by atoms with Crippen LogP contribution < -0.4 is 4.90 Å². The Balaban J connectivity index is 1.81. The van der Waals surface area contributed by atoms with Crippen molar-refractivity contribution >= 4 is 22.4 Å². The average Bonchev–Trinajstić information content (AvgIpc) is 2.86. The van der Waals surface area contributed by atoms with Gasteiger partial charge in [-0.25, -0.2) is 9.37 Å². The summed E-state index contributed by atoms with van der Waals surface area (Å²) in [6.07, 6.45) is 1.34. The van der Waals surface area contributed by atoms with Crippen molar-refractivity contribution in [1.82, 2.24) is 4.98 Å². The zero-order valence-corrected chi connectivity index (χ0v) is 20.5. The van der Waals surface area contributed by atoms with Gasteiger partial charge < -0.3 is 10.0 Å². The molecule has 3 aromatic carbocycles. The fourth-order valence-electron chi connectivity index (χ4n) is 4.34. The molecule has 0 fully saturated rings. The summed E-state index contributed by atoms with van der Waals surface area (Å²) in [7, 11) is 3.96. The number of hydrogen-bond acceptors (Lipinski definition) is 4. The molecule has 4 aromatic rings. The van der Waals surface area contributed by atoms with Crippen molar-refractivity contribution in [1.29, 1.82) is 0 Å². The molecule has 5 heteroatoms. The van der Waals surface area contributed by atoms with Crippen LogP contribution >= 0.6 is 0 Å². The molecule has 1 N–H and O–H groups in total. The Labute approximate surface area is 206 Å². The van der Waals surface area contributed by atoms with Gasteiger partial charge in [0, 0.05) is 54.7 Å². The van der Waals surface area contributed by atoms with Crippen LogP contribution in [0.1, 0.15) is 31.7 Å². The number of aliphatic hydroxyl groups is 1. The summed E-state index contributed by atoms with van der Waals surface area (Å²) < 4.78 is 15.0. The first-order chi connectivity index (χ1) is 16.9. The molecule has 0 aliphatic heterocycles. The van der Waals surface area contributed by atoms with Gasteiger partial charge in [0.2, 0.25) is 0 Å². The maximum Gasteiger partial charge on any atom is 0.137 e. The number of hydrogen-bond donors (Lipinski definition) is 1. The van der Waals surface area contributed by atoms with Gasteiger partial charge in [0.15, 0.2) is 0 Å². The number of benzene rings is 3. The number of anilines is 1. The molecule has 0 spiro atoms. The third kappa shape index (κ3) is 5.57. The maximum absolute atomic E-state index is 15.0. The topological polar surface area (TPSA) is 53.4 Å². The first-order valence-corrected chi connectivity index (χ1v) is 12.0. The predicted molar refractivity (Wildman–Crippen MR) is 141 cm³/mol. The summed E-state index contributed by atoms with van der Waals surface area (Å²) in [5.41, 5.74) is 5.49. The van der Waals surface area contributed by atoms with Crippen LogP contribution in [0, 0.1) is 5.82 Å². The molecule has 180 valence electrons. The van der Waals surface area contributed by atoms with E-state index >= 15 is 0 Å². The standard InChI is InChI=1S/C30H31FN2O2/c1-4-22(34)14-15-23(35)18-20-13-16-28-21(17-20)19-26(24-9-5-7-11-27(24)31)30(32-28)25-10-6-8-12-29(25)33(2)3/h5-13,16-17,19,22,34H,4,14-15,18H2,1-3H3. The van der Waals surface area contributed by atoms with E-state index in [1.54, 1.807) is 12.1 Å². The monoisotopic (exact) mass is 470 g/mol. The molecule has 1 atom stereocenters. The van der Waals surface area contributed by atoms with Crippen LogP contribution in [-0.4, -0.2) is 36.1 Å². The summed E-state index contributed by atoms with van der Waals surface area (Å²) >= 11 is 0. The number of carbonyl (C=O) groups excluding carboxylic acids is 1. The van der Waals surface area contributed by atoms with Gasteiger partial charge in [-0.2, -0.15) is 0 Å². The normalized spacial score (nSPS) is 12.0. The zero-order valence-electron chi connectivity index (χ0n) is 20.5. The fraction of sp³-hybridized carbons (Fsp3) is 0.267. The summed E-state index contributed by atoms with van der Waals surface area (Å²) in [6, 6.07) is 22.5. The Bertz CT molecular complexity index is 1350. The molecule has 35 heavy (non-hydrogen) atoms. The molecule has 0 saturated heterocycles. The van der Waals surface area contributed by atoms with Gasteiger partial charge in [-0.3, -0.25) is 4.79 Å². The molecule has 1 aromatic heterocycles. The number of aliphatic hydroxyl groups excluding tert-OH is 1. The SMILES string of the molecule is CCC(O)CCC(=O)Cc1ccc2nc(-c3ccccc3N(C)C)c(-c3ccccc3F)cc2c1. The molecule has 0 aliphatic carbocycles. The number of halogens is 1. The van der Waals surface area contributed by atoms with Crippen molar-refractivity contribution in [3.63, 3.8) is 0 Å². The third-order valence-electron chi connectivity index (χ3n) is 6.31. The minimum Gasteiger partial charge on any atom is -0.393 e. The van der Waals surface area contributed by atoms with E-state index in [-0.39, 0.29) is 11.6 Å². The second kappa shape index (κ2) is 10.8. The average molecular weight is 471 g/mol. The minimum absolute atomic E-state index is 0.0932. The van der Waals surface area contributed by atoms with Crippen LogP contribution in [-0.2, 0) is 11.2 Å². The lowest BCUT2D eigenvalue weighted by molar-refractivity contribution is -0.119. The van der Waals surface area contributed by atoms with E-state index < -0.39 is 6.10 Å². The summed E-state index contributed by atoms with van der Waals surface area (Å²) in [4.78, 5) is 19.5. The first kappa shape index (κ1) is 24.6. The highest BCUT2D eigenvalue weighted by Gasteiger charge is 2.18. The van der Waals surface area contributed by atoms with Gasteiger partial charge in [0.1, 0.15) is 11.6 Å². The molecular formula is C30H31FN2O2. The highest BCUT2D eigenvalue weighted by Crippen LogP contribution is 2.38. The Hall–Kier alpha value is -3.57. The molecule has 0 saturated carbocycles. The largest absolute Gasteiger partial charge is 0.393 e. The smallest absolute Gasteiger partial charge is 0.137 e. The quantitative estimate of drug-likeness (QED) is 0.306. The molecule has 4 rings (SSSR count). The van der Waals surface area contributed by atoms with Crippen LogP contribution in [0.3, 0.4) is 0 Å². The number of aromatic nitrogens is 1. The highest BCUT2D eigenvalue weighted by molar-refractivity contribution is 5.95. The minimum atomic E-state index is -0.438. The van der Waals surface area contributed by atoms with Crippen LogP contribution in [0.25, 0.3) is 33.3 Å². The molecule has 0 radical (unpaired) electrons. The number of pyridine rings is 1. The first-order valence-electron chi connectivity index (χ1n) is 12.0. The molecule has 1 unspecified atom stereocenters. The molecular weight excluding hydrogens is 439 g/mol. The number of para-hydroxylation sites is 1. The van der Waals surface area contributed by atoms with E-state index in [1.165, 1.54) is 6.07 Å². The van der Waals surface area contributed by atoms with E-state index in [0.717, 1.165) is 27.7 Å². The zero-order chi connectivity index (χ0) is 24.9. The van der Waals surface area contributed by atoms with Gasteiger partial charge in [-0.05, 0) is 48.7 Å². The molecule has 0 bridgehead atoms. The molecule has 0 aliphatic rings. The number of rotatable bonds is 9. The van der Waals surface area contributed by atoms with Crippen molar-refractivity contribution in [3.05, 3.63) is 84.2 Å². The number of carbonyl (C=O) groups is 1. The number of ketones is 1. The van der Waals surface area contributed by atoms with E-state index in [4.69, 9.17) is 4.98 Å². The van der Waals surface area contributed by atoms with Gasteiger partial charge in [0.25, 0.3) is 0 Å². The van der Waals surface area contributed by atoms with Crippen LogP contribution in [0.15, 0.2) is 72.8 Å². The molecule has 1 heterocycles. The molecule has 4 nitrogen and oxygen atoms in total. The maximum atomic E-state index is 15.0. The second-order valence-corrected chi connectivity index (χ2v) is 9.12. The highest BCUT2D eigenvalue weighted by atomic mass is 19.1. The van der Waals surface area contributed by atoms with Gasteiger partial charge >= 0.3 is 0 Å². The summed E-state index contributed by atoms with van der Waals surface area (Å²) in [6.45, 7) is 1.91. The lowest BCUT2D eigenvalue weighted by Crippen LogP contribution is -2.10. The predicted octanol–water partition coefficient (Wildman–Crippen LogP) is 6.44. The summed E-state index contributed by atoms with van der Waals surface area (Å²) in [5, 5.41) is 10.6. The van der Waals surface area contributed by atoms with Gasteiger partial charge in [-0.15, -0.1) is 0 Å². The van der Waals surface area contributed by atoms with Crippen molar-refractivity contribution in [2.24, 2.45) is 0 Å². The van der Waals surface area contributed by atoms with Gasteiger partial charge in [0.05, 0.1) is 17.3 Å². The fourth-order valence-corrected chi connectivity index (χ4v) is 4.34. The van der Waals surface area contributed by atoms with E-state index in [1.807, 2.05) is 80.5 Å². The van der Waals surface area contributed by atoms with Crippen molar-refractivity contribution < 1.29 is 14.3 Å². The summed E-state index contributed by atoms with van der Waals surface area (Å²) in [5.74, 6) is -0.214. The van der Waals surface area contributed by atoms with Crippen LogP contribution in [0.4, 0.5) is 10.1 Å². The van der Waals surface area contributed by atoms with Gasteiger partial charge in [-0.1, -0.05) is 49.4 Å². The Morgan fingerprint density at radius 1 is 0.971 bits per heavy atom. The Morgan fingerprint density at radius 2 is 1.69 bits per heavy atom.